The smallest absolute Gasteiger partial charge is 0.251 e. The maximum Gasteiger partial charge on any atom is 0.251 e. The molecule has 5 heteroatoms. The first-order chi connectivity index (χ1) is 10.1. The molecule has 110 valence electrons. The molecule has 0 spiro atoms. The summed E-state index contributed by atoms with van der Waals surface area (Å²) in [6.45, 7) is 2.17. The van der Waals surface area contributed by atoms with E-state index in [0.717, 1.165) is 11.4 Å². The van der Waals surface area contributed by atoms with E-state index in [4.69, 9.17) is 5.11 Å². The van der Waals surface area contributed by atoms with Crippen LogP contribution >= 0.6 is 0 Å². The van der Waals surface area contributed by atoms with E-state index in [1.54, 1.807) is 31.5 Å². The lowest BCUT2D eigenvalue weighted by atomic mass is 10.2. The Morgan fingerprint density at radius 1 is 1.14 bits per heavy atom. The van der Waals surface area contributed by atoms with Gasteiger partial charge in [-0.05, 0) is 49.7 Å². The van der Waals surface area contributed by atoms with Gasteiger partial charge in [0.05, 0.1) is 6.10 Å². The summed E-state index contributed by atoms with van der Waals surface area (Å²) in [5, 5.41) is 15.1. The van der Waals surface area contributed by atoms with Crippen LogP contribution in [0.4, 0.5) is 11.4 Å². The Morgan fingerprint density at radius 3 is 2.38 bits per heavy atom. The normalized spacial score (nSPS) is 11.7. The van der Waals surface area contributed by atoms with Crippen LogP contribution in [0.15, 0.2) is 48.8 Å². The Bertz CT molecular complexity index is 568. The zero-order chi connectivity index (χ0) is 15.1. The van der Waals surface area contributed by atoms with Crippen LogP contribution in [0.2, 0.25) is 0 Å². The quantitative estimate of drug-likeness (QED) is 0.761. The number of nitrogens with zero attached hydrogens (tertiary/aromatic N) is 1. The van der Waals surface area contributed by atoms with Gasteiger partial charge in [0.25, 0.3) is 5.91 Å². The average molecular weight is 285 g/mol. The summed E-state index contributed by atoms with van der Waals surface area (Å²) in [5.41, 5.74) is 2.45. The van der Waals surface area contributed by atoms with E-state index < -0.39 is 6.10 Å². The molecule has 1 aromatic heterocycles. The number of anilines is 2. The molecule has 2 aromatic rings. The summed E-state index contributed by atoms with van der Waals surface area (Å²) >= 11 is 0. The van der Waals surface area contributed by atoms with Crippen molar-refractivity contribution in [3.8, 4) is 0 Å². The highest BCUT2D eigenvalue weighted by molar-refractivity contribution is 5.94. The first-order valence-corrected chi connectivity index (χ1v) is 6.88. The van der Waals surface area contributed by atoms with Crippen molar-refractivity contribution in [3.63, 3.8) is 0 Å². The molecule has 0 aliphatic rings. The molecule has 3 N–H and O–H groups in total. The SMILES string of the molecule is CC(O)CCNC(=O)c1ccc(Nc2ccncc2)cc1. The van der Waals surface area contributed by atoms with Gasteiger partial charge in [-0.1, -0.05) is 0 Å². The lowest BCUT2D eigenvalue weighted by Crippen LogP contribution is -2.26. The van der Waals surface area contributed by atoms with Gasteiger partial charge >= 0.3 is 0 Å². The molecule has 1 aromatic carbocycles. The number of nitrogens with one attached hydrogen (secondary N) is 2. The predicted octanol–water partition coefficient (Wildman–Crippen LogP) is 2.33. The molecule has 0 bridgehead atoms. The van der Waals surface area contributed by atoms with Crippen molar-refractivity contribution in [3.05, 3.63) is 54.4 Å². The number of aromatic nitrogens is 1. The largest absolute Gasteiger partial charge is 0.393 e. The molecule has 0 radical (unpaired) electrons. The number of aliphatic hydroxyl groups is 1. The molecule has 21 heavy (non-hydrogen) atoms. The molecule has 0 aliphatic heterocycles. The Hall–Kier alpha value is -2.40. The molecule has 2 rings (SSSR count). The van der Waals surface area contributed by atoms with Gasteiger partial charge in [0.2, 0.25) is 0 Å². The summed E-state index contributed by atoms with van der Waals surface area (Å²) in [6.07, 6.45) is 3.57. The summed E-state index contributed by atoms with van der Waals surface area (Å²) < 4.78 is 0. The number of rotatable bonds is 6. The fourth-order valence-corrected chi connectivity index (χ4v) is 1.80. The molecule has 0 saturated heterocycles. The van der Waals surface area contributed by atoms with Crippen LogP contribution in [0, 0.1) is 0 Å². The van der Waals surface area contributed by atoms with Gasteiger partial charge in [0, 0.05) is 35.9 Å². The van der Waals surface area contributed by atoms with Gasteiger partial charge in [-0.15, -0.1) is 0 Å². The van der Waals surface area contributed by atoms with Crippen LogP contribution in [0.5, 0.6) is 0 Å². The lowest BCUT2D eigenvalue weighted by Gasteiger charge is -2.09. The summed E-state index contributed by atoms with van der Waals surface area (Å²) in [6, 6.07) is 11.0. The van der Waals surface area contributed by atoms with Crippen LogP contribution in [0.1, 0.15) is 23.7 Å². The molecule has 0 aliphatic carbocycles. The molecule has 1 atom stereocenters. The number of carbonyl (C=O) groups excluding carboxylic acids is 1. The van der Waals surface area contributed by atoms with E-state index in [2.05, 4.69) is 15.6 Å². The minimum absolute atomic E-state index is 0.133. The summed E-state index contributed by atoms with van der Waals surface area (Å²) in [4.78, 5) is 15.8. The second kappa shape index (κ2) is 7.40. The topological polar surface area (TPSA) is 74.2 Å². The predicted molar refractivity (Wildman–Crippen MR) is 82.6 cm³/mol. The van der Waals surface area contributed by atoms with Crippen LogP contribution in [0.3, 0.4) is 0 Å². The number of amides is 1. The van der Waals surface area contributed by atoms with Crippen molar-refractivity contribution in [2.75, 3.05) is 11.9 Å². The number of pyridine rings is 1. The van der Waals surface area contributed by atoms with Crippen LogP contribution < -0.4 is 10.6 Å². The van der Waals surface area contributed by atoms with E-state index in [1.165, 1.54) is 0 Å². The molecule has 1 amide bonds. The maximum absolute atomic E-state index is 11.9. The van der Waals surface area contributed by atoms with Gasteiger partial charge < -0.3 is 15.7 Å². The maximum atomic E-state index is 11.9. The highest BCUT2D eigenvalue weighted by Crippen LogP contribution is 2.16. The van der Waals surface area contributed by atoms with Gasteiger partial charge in [-0.2, -0.15) is 0 Å². The number of benzene rings is 1. The zero-order valence-electron chi connectivity index (χ0n) is 11.9. The fourth-order valence-electron chi connectivity index (χ4n) is 1.80. The Kier molecular flexibility index (Phi) is 5.29. The van der Waals surface area contributed by atoms with Crippen molar-refractivity contribution in [1.82, 2.24) is 10.3 Å². The van der Waals surface area contributed by atoms with Gasteiger partial charge in [0.1, 0.15) is 0 Å². The highest BCUT2D eigenvalue weighted by atomic mass is 16.3. The molecular formula is C16H19N3O2. The van der Waals surface area contributed by atoms with E-state index in [9.17, 15) is 4.79 Å². The third-order valence-corrected chi connectivity index (χ3v) is 2.96. The zero-order valence-corrected chi connectivity index (χ0v) is 11.9. The van der Waals surface area contributed by atoms with Crippen LogP contribution in [0.25, 0.3) is 0 Å². The molecule has 1 heterocycles. The first kappa shape index (κ1) is 15.0. The fraction of sp³-hybridized carbons (Fsp3) is 0.250. The Morgan fingerprint density at radius 2 is 1.76 bits per heavy atom. The van der Waals surface area contributed by atoms with Crippen molar-refractivity contribution in [2.24, 2.45) is 0 Å². The Labute approximate surface area is 124 Å². The van der Waals surface area contributed by atoms with E-state index in [1.807, 2.05) is 24.3 Å². The van der Waals surface area contributed by atoms with Crippen molar-refractivity contribution in [2.45, 2.75) is 19.4 Å². The molecule has 0 saturated carbocycles. The van der Waals surface area contributed by atoms with E-state index in [-0.39, 0.29) is 5.91 Å². The highest BCUT2D eigenvalue weighted by Gasteiger charge is 2.05. The van der Waals surface area contributed by atoms with Crippen molar-refractivity contribution in [1.29, 1.82) is 0 Å². The van der Waals surface area contributed by atoms with Crippen LogP contribution in [-0.2, 0) is 0 Å². The molecule has 5 nitrogen and oxygen atoms in total. The molecule has 1 unspecified atom stereocenters. The van der Waals surface area contributed by atoms with Crippen molar-refractivity contribution >= 4 is 17.3 Å². The molecular weight excluding hydrogens is 266 g/mol. The minimum Gasteiger partial charge on any atom is -0.393 e. The first-order valence-electron chi connectivity index (χ1n) is 6.88. The van der Waals surface area contributed by atoms with E-state index >= 15 is 0 Å². The average Bonchev–Trinajstić information content (AvgIpc) is 2.48. The lowest BCUT2D eigenvalue weighted by molar-refractivity contribution is 0.0945. The van der Waals surface area contributed by atoms with E-state index in [0.29, 0.717) is 18.5 Å². The number of hydrogen-bond donors (Lipinski definition) is 3. The standard InChI is InChI=1S/C16H19N3O2/c1-12(20)6-11-18-16(21)13-2-4-14(5-3-13)19-15-7-9-17-10-8-15/h2-5,7-10,12,20H,6,11H2,1H3,(H,17,19)(H,18,21). The number of carbonyl (C=O) groups is 1. The van der Waals surface area contributed by atoms with Gasteiger partial charge in [-0.3, -0.25) is 9.78 Å². The summed E-state index contributed by atoms with van der Waals surface area (Å²) in [7, 11) is 0. The number of aliphatic hydroxyl groups excluding tert-OH is 1. The second-order valence-electron chi connectivity index (χ2n) is 4.83. The van der Waals surface area contributed by atoms with Gasteiger partial charge in [-0.25, -0.2) is 0 Å². The third kappa shape index (κ3) is 4.89. The Balaban J connectivity index is 1.91. The van der Waals surface area contributed by atoms with Gasteiger partial charge in [0.15, 0.2) is 0 Å². The molecule has 0 fully saturated rings. The monoisotopic (exact) mass is 285 g/mol. The van der Waals surface area contributed by atoms with Crippen molar-refractivity contribution < 1.29 is 9.90 Å². The second-order valence-corrected chi connectivity index (χ2v) is 4.83. The minimum atomic E-state index is -0.405. The number of hydrogen-bond acceptors (Lipinski definition) is 4. The summed E-state index contributed by atoms with van der Waals surface area (Å²) in [5.74, 6) is -0.133. The third-order valence-electron chi connectivity index (χ3n) is 2.96. The van der Waals surface area contributed by atoms with Crippen LogP contribution in [-0.4, -0.2) is 28.6 Å².